The quantitative estimate of drug-likeness (QED) is 0.287. The molecule has 3 amide bonds. The first-order valence-electron chi connectivity index (χ1n) is 11.4. The van der Waals surface area contributed by atoms with E-state index in [4.69, 9.17) is 9.47 Å². The normalized spacial score (nSPS) is 14.8. The molecule has 1 aliphatic rings. The van der Waals surface area contributed by atoms with Crippen molar-refractivity contribution in [3.05, 3.63) is 35.9 Å². The number of carbonyl (C=O) groups excluding carboxylic acids is 4. The molecule has 2 atom stereocenters. The number of hydrogen-bond acceptors (Lipinski definition) is 6. The van der Waals surface area contributed by atoms with Gasteiger partial charge in [0, 0.05) is 13.2 Å². The molecular formula is C24H35N3O6. The average Bonchev–Trinajstić information content (AvgIpc) is 3.60. The predicted molar refractivity (Wildman–Crippen MR) is 122 cm³/mol. The van der Waals surface area contributed by atoms with Crippen LogP contribution in [0.15, 0.2) is 30.3 Å². The Labute approximate surface area is 195 Å². The maximum atomic E-state index is 13.0. The molecule has 0 radical (unpaired) electrons. The Kier molecular flexibility index (Phi) is 10.8. The van der Waals surface area contributed by atoms with Crippen molar-refractivity contribution in [3.63, 3.8) is 0 Å². The number of ether oxygens (including phenoxy) is 2. The predicted octanol–water partition coefficient (Wildman–Crippen LogP) is 1.74. The summed E-state index contributed by atoms with van der Waals surface area (Å²) in [6.07, 6.45) is 2.08. The molecule has 0 bridgehead atoms. The molecule has 0 spiro atoms. The van der Waals surface area contributed by atoms with Gasteiger partial charge >= 0.3 is 6.09 Å². The lowest BCUT2D eigenvalue weighted by Gasteiger charge is -2.23. The summed E-state index contributed by atoms with van der Waals surface area (Å²) in [6, 6.07) is 7.65. The van der Waals surface area contributed by atoms with Crippen molar-refractivity contribution >= 4 is 23.7 Å². The molecule has 1 saturated carbocycles. The van der Waals surface area contributed by atoms with Crippen LogP contribution in [0.3, 0.4) is 0 Å². The first kappa shape index (κ1) is 26.3. The molecule has 0 heterocycles. The number of amides is 3. The maximum absolute atomic E-state index is 13.0. The molecule has 3 N–H and O–H groups in total. The van der Waals surface area contributed by atoms with E-state index in [1.807, 2.05) is 44.2 Å². The minimum Gasteiger partial charge on any atom is -0.447 e. The van der Waals surface area contributed by atoms with E-state index >= 15 is 0 Å². The highest BCUT2D eigenvalue weighted by Crippen LogP contribution is 2.18. The van der Waals surface area contributed by atoms with Gasteiger partial charge in [0.25, 0.3) is 5.91 Å². The number of carbonyl (C=O) groups is 4. The summed E-state index contributed by atoms with van der Waals surface area (Å²) in [6.45, 7) is 4.12. The third-order valence-electron chi connectivity index (χ3n) is 5.17. The minimum absolute atomic E-state index is 0.0316. The summed E-state index contributed by atoms with van der Waals surface area (Å²) in [7, 11) is 1.49. The smallest absolute Gasteiger partial charge is 0.407 e. The molecule has 33 heavy (non-hydrogen) atoms. The van der Waals surface area contributed by atoms with Crippen LogP contribution in [0, 0.1) is 5.92 Å². The number of rotatable bonds is 14. The summed E-state index contributed by atoms with van der Waals surface area (Å²) < 4.78 is 9.85. The van der Waals surface area contributed by atoms with Gasteiger partial charge in [0.15, 0.2) is 0 Å². The highest BCUT2D eigenvalue weighted by molar-refractivity contribution is 6.38. The molecule has 1 aromatic carbocycles. The van der Waals surface area contributed by atoms with Crippen molar-refractivity contribution in [3.8, 4) is 0 Å². The molecule has 0 aliphatic heterocycles. The molecule has 182 valence electrons. The highest BCUT2D eigenvalue weighted by Gasteiger charge is 2.33. The zero-order valence-electron chi connectivity index (χ0n) is 19.6. The number of Topliss-reactive ketones (excluding diaryl/α,β-unsaturated/α-hetero) is 1. The van der Waals surface area contributed by atoms with Crippen molar-refractivity contribution in [2.45, 2.75) is 64.1 Å². The molecule has 0 saturated heterocycles. The van der Waals surface area contributed by atoms with Gasteiger partial charge in [-0.15, -0.1) is 0 Å². The molecule has 1 fully saturated rings. The first-order chi connectivity index (χ1) is 15.8. The van der Waals surface area contributed by atoms with Crippen LogP contribution >= 0.6 is 0 Å². The van der Waals surface area contributed by atoms with Crippen molar-refractivity contribution in [2.75, 3.05) is 20.3 Å². The molecule has 1 aromatic rings. The standard InChI is InChI=1S/C24H35N3O6/c1-16(2)15-20(27-24(31)33-14-13-32-3)22(29)26-19(12-9-17-7-5-4-6-8-17)21(28)23(30)25-18-10-11-18/h4-8,16,18-20H,9-15H2,1-3H3,(H,25,30)(H,26,29)(H,27,31)/t19-,20-/m0/s1. The van der Waals surface area contributed by atoms with Crippen LogP contribution in [0.25, 0.3) is 0 Å². The van der Waals surface area contributed by atoms with E-state index in [0.29, 0.717) is 12.8 Å². The fourth-order valence-corrected chi connectivity index (χ4v) is 3.24. The first-order valence-corrected chi connectivity index (χ1v) is 11.4. The van der Waals surface area contributed by atoms with Gasteiger partial charge in [-0.3, -0.25) is 14.4 Å². The SMILES string of the molecule is COCCOC(=O)N[C@@H](CC(C)C)C(=O)N[C@@H](CCc1ccccc1)C(=O)C(=O)NC1CC1. The van der Waals surface area contributed by atoms with E-state index < -0.39 is 35.8 Å². The number of aryl methyl sites for hydroxylation is 1. The fourth-order valence-electron chi connectivity index (χ4n) is 3.24. The third kappa shape index (κ3) is 10.0. The number of nitrogens with one attached hydrogen (secondary N) is 3. The van der Waals surface area contributed by atoms with Gasteiger partial charge in [-0.05, 0) is 43.6 Å². The Bertz CT molecular complexity index is 795. The van der Waals surface area contributed by atoms with Crippen LogP contribution in [-0.4, -0.2) is 62.1 Å². The van der Waals surface area contributed by atoms with Gasteiger partial charge in [0.2, 0.25) is 11.7 Å². The third-order valence-corrected chi connectivity index (χ3v) is 5.17. The molecule has 2 rings (SSSR count). The second kappa shape index (κ2) is 13.6. The Hall–Kier alpha value is -2.94. The minimum atomic E-state index is -1.00. The van der Waals surface area contributed by atoms with Gasteiger partial charge in [-0.2, -0.15) is 0 Å². The van der Waals surface area contributed by atoms with Crippen molar-refractivity contribution in [1.29, 1.82) is 0 Å². The second-order valence-corrected chi connectivity index (χ2v) is 8.65. The van der Waals surface area contributed by atoms with Crippen LogP contribution in [0.1, 0.15) is 45.1 Å². The van der Waals surface area contributed by atoms with Crippen molar-refractivity contribution < 1.29 is 28.7 Å². The average molecular weight is 462 g/mol. The molecule has 0 unspecified atom stereocenters. The van der Waals surface area contributed by atoms with E-state index in [9.17, 15) is 19.2 Å². The summed E-state index contributed by atoms with van der Waals surface area (Å²) in [5, 5.41) is 7.94. The van der Waals surface area contributed by atoms with Gasteiger partial charge < -0.3 is 25.4 Å². The van der Waals surface area contributed by atoms with Gasteiger partial charge in [-0.25, -0.2) is 4.79 Å². The van der Waals surface area contributed by atoms with Crippen LogP contribution in [-0.2, 0) is 30.3 Å². The molecular weight excluding hydrogens is 426 g/mol. The lowest BCUT2D eigenvalue weighted by Crippen LogP contribution is -2.54. The Morgan fingerprint density at radius 3 is 2.30 bits per heavy atom. The van der Waals surface area contributed by atoms with Crippen molar-refractivity contribution in [1.82, 2.24) is 16.0 Å². The van der Waals surface area contributed by atoms with E-state index in [1.165, 1.54) is 7.11 Å². The molecule has 1 aliphatic carbocycles. The molecule has 9 nitrogen and oxygen atoms in total. The van der Waals surface area contributed by atoms with E-state index in [2.05, 4.69) is 16.0 Å². The lowest BCUT2D eigenvalue weighted by atomic mass is 9.99. The fraction of sp³-hybridized carbons (Fsp3) is 0.583. The van der Waals surface area contributed by atoms with Crippen molar-refractivity contribution in [2.24, 2.45) is 5.92 Å². The molecule has 0 aromatic heterocycles. The summed E-state index contributed by atoms with van der Waals surface area (Å²) in [5.74, 6) is -1.81. The van der Waals surface area contributed by atoms with Crippen LogP contribution in [0.2, 0.25) is 0 Å². The summed E-state index contributed by atoms with van der Waals surface area (Å²) >= 11 is 0. The zero-order chi connectivity index (χ0) is 24.2. The number of alkyl carbamates (subject to hydrolysis) is 1. The van der Waals surface area contributed by atoms with Gasteiger partial charge in [0.05, 0.1) is 12.6 Å². The zero-order valence-corrected chi connectivity index (χ0v) is 19.6. The van der Waals surface area contributed by atoms with Gasteiger partial charge in [0.1, 0.15) is 12.6 Å². The molecule has 9 heteroatoms. The lowest BCUT2D eigenvalue weighted by molar-refractivity contribution is -0.140. The Balaban J connectivity index is 2.06. The van der Waals surface area contributed by atoms with Gasteiger partial charge in [-0.1, -0.05) is 44.2 Å². The Morgan fingerprint density at radius 2 is 1.70 bits per heavy atom. The van der Waals surface area contributed by atoms with Crippen LogP contribution in [0.4, 0.5) is 4.79 Å². The van der Waals surface area contributed by atoms with Crippen LogP contribution in [0.5, 0.6) is 0 Å². The number of ketones is 1. The largest absolute Gasteiger partial charge is 0.447 e. The Morgan fingerprint density at radius 1 is 1.00 bits per heavy atom. The van der Waals surface area contributed by atoms with Crippen LogP contribution < -0.4 is 16.0 Å². The van der Waals surface area contributed by atoms with E-state index in [0.717, 1.165) is 18.4 Å². The van der Waals surface area contributed by atoms with E-state index in [1.54, 1.807) is 0 Å². The highest BCUT2D eigenvalue weighted by atomic mass is 16.6. The number of hydrogen-bond donors (Lipinski definition) is 3. The monoisotopic (exact) mass is 461 g/mol. The summed E-state index contributed by atoms with van der Waals surface area (Å²) in [5.41, 5.74) is 0.991. The maximum Gasteiger partial charge on any atom is 0.407 e. The summed E-state index contributed by atoms with van der Waals surface area (Å²) in [4.78, 5) is 50.4. The van der Waals surface area contributed by atoms with E-state index in [-0.39, 0.29) is 31.6 Å². The number of methoxy groups -OCH3 is 1. The second-order valence-electron chi connectivity index (χ2n) is 8.65. The number of benzene rings is 1. The topological polar surface area (TPSA) is 123 Å².